The average Bonchev–Trinajstić information content (AvgIpc) is 2.79. The molecule has 0 bridgehead atoms. The van der Waals surface area contributed by atoms with Crippen LogP contribution in [0.15, 0.2) is 36.4 Å². The smallest absolute Gasteiger partial charge is 0.123 e. The number of benzene rings is 2. The zero-order chi connectivity index (χ0) is 14.1. The summed E-state index contributed by atoms with van der Waals surface area (Å²) in [5, 5.41) is 4.82. The van der Waals surface area contributed by atoms with E-state index in [0.29, 0.717) is 6.54 Å². The molecular formula is C15H12Cl2INO. The number of fused-ring (bicyclic) bond motifs is 1. The lowest BCUT2D eigenvalue weighted by Gasteiger charge is -2.14. The number of hydrogen-bond acceptors (Lipinski definition) is 2. The van der Waals surface area contributed by atoms with Gasteiger partial charge in [-0.1, -0.05) is 23.2 Å². The van der Waals surface area contributed by atoms with Crippen LogP contribution in [0.3, 0.4) is 0 Å². The Bertz CT molecular complexity index is 648. The molecule has 104 valence electrons. The molecule has 2 aromatic carbocycles. The quantitative estimate of drug-likeness (QED) is 0.705. The third-order valence-electron chi connectivity index (χ3n) is 3.22. The average molecular weight is 420 g/mol. The van der Waals surface area contributed by atoms with Crippen LogP contribution in [0.2, 0.25) is 10.0 Å². The molecule has 0 aromatic heterocycles. The zero-order valence-corrected chi connectivity index (χ0v) is 14.2. The van der Waals surface area contributed by atoms with Gasteiger partial charge in [0.05, 0.1) is 17.3 Å². The van der Waals surface area contributed by atoms with Gasteiger partial charge in [-0.2, -0.15) is 0 Å². The monoisotopic (exact) mass is 419 g/mol. The second kappa shape index (κ2) is 6.00. The van der Waals surface area contributed by atoms with Gasteiger partial charge in [-0.15, -0.1) is 0 Å². The molecule has 1 N–H and O–H groups in total. The van der Waals surface area contributed by atoms with Gasteiger partial charge in [0.1, 0.15) is 11.9 Å². The molecule has 0 saturated carbocycles. The molecule has 2 nitrogen and oxygen atoms in total. The number of halogens is 3. The molecule has 0 fully saturated rings. The summed E-state index contributed by atoms with van der Waals surface area (Å²) in [7, 11) is 0. The van der Waals surface area contributed by atoms with Crippen molar-refractivity contribution in [3.63, 3.8) is 0 Å². The maximum Gasteiger partial charge on any atom is 0.123 e. The molecule has 1 heterocycles. The van der Waals surface area contributed by atoms with Crippen molar-refractivity contribution in [2.45, 2.75) is 12.5 Å². The fourth-order valence-corrected chi connectivity index (χ4v) is 3.38. The van der Waals surface area contributed by atoms with Crippen LogP contribution < -0.4 is 10.1 Å². The van der Waals surface area contributed by atoms with Gasteiger partial charge in [-0.3, -0.25) is 0 Å². The Morgan fingerprint density at radius 2 is 2.05 bits per heavy atom. The summed E-state index contributed by atoms with van der Waals surface area (Å²) in [5.74, 6) is 0.926. The number of hydrogen-bond donors (Lipinski definition) is 1. The Balaban J connectivity index is 1.63. The zero-order valence-electron chi connectivity index (χ0n) is 10.5. The minimum atomic E-state index is 0.110. The first-order chi connectivity index (χ1) is 9.61. The molecule has 0 amide bonds. The first-order valence-electron chi connectivity index (χ1n) is 6.26. The Hall–Kier alpha value is -0.650. The molecule has 0 saturated heterocycles. The normalized spacial score (nSPS) is 16.6. The molecule has 2 aromatic rings. The summed E-state index contributed by atoms with van der Waals surface area (Å²) < 4.78 is 7.00. The molecule has 1 unspecified atom stereocenters. The van der Waals surface area contributed by atoms with E-state index in [4.69, 9.17) is 27.9 Å². The lowest BCUT2D eigenvalue weighted by atomic mass is 10.1. The van der Waals surface area contributed by atoms with Crippen LogP contribution in [0, 0.1) is 3.57 Å². The van der Waals surface area contributed by atoms with Crippen molar-refractivity contribution in [3.05, 3.63) is 55.6 Å². The third-order valence-corrected chi connectivity index (χ3v) is 4.43. The summed E-state index contributed by atoms with van der Waals surface area (Å²) >= 11 is 14.4. The standard InChI is InChI=1S/C15H12Cl2INO/c16-10-1-4-15-9(5-10)6-12(20-15)8-19-14-3-2-11(18)7-13(14)17/h1-5,7,12,19H,6,8H2. The van der Waals surface area contributed by atoms with Crippen LogP contribution in [-0.2, 0) is 6.42 Å². The lowest BCUT2D eigenvalue weighted by Crippen LogP contribution is -2.24. The Labute approximate surface area is 141 Å². The molecular weight excluding hydrogens is 408 g/mol. The van der Waals surface area contributed by atoms with Gasteiger partial charge in [0.25, 0.3) is 0 Å². The van der Waals surface area contributed by atoms with Crippen LogP contribution in [0.25, 0.3) is 0 Å². The number of rotatable bonds is 3. The van der Waals surface area contributed by atoms with Gasteiger partial charge in [0, 0.05) is 15.0 Å². The molecule has 1 aliphatic rings. The van der Waals surface area contributed by atoms with Gasteiger partial charge in [-0.05, 0) is 64.6 Å². The Morgan fingerprint density at radius 3 is 2.85 bits per heavy atom. The van der Waals surface area contributed by atoms with E-state index in [1.165, 1.54) is 0 Å². The van der Waals surface area contributed by atoms with Crippen molar-refractivity contribution in [1.29, 1.82) is 0 Å². The van der Waals surface area contributed by atoms with Crippen molar-refractivity contribution in [3.8, 4) is 5.75 Å². The van der Waals surface area contributed by atoms with E-state index in [1.54, 1.807) is 0 Å². The van der Waals surface area contributed by atoms with E-state index < -0.39 is 0 Å². The van der Waals surface area contributed by atoms with E-state index in [-0.39, 0.29) is 6.10 Å². The minimum Gasteiger partial charge on any atom is -0.488 e. The highest BCUT2D eigenvalue weighted by atomic mass is 127. The summed E-state index contributed by atoms with van der Waals surface area (Å²) in [5.41, 5.74) is 2.10. The predicted molar refractivity (Wildman–Crippen MR) is 92.2 cm³/mol. The van der Waals surface area contributed by atoms with Crippen LogP contribution >= 0.6 is 45.8 Å². The third kappa shape index (κ3) is 3.15. The SMILES string of the molecule is Clc1ccc2c(c1)CC(CNc1ccc(I)cc1Cl)O2. The maximum atomic E-state index is 6.20. The van der Waals surface area contributed by atoms with E-state index in [0.717, 1.165) is 37.0 Å². The highest BCUT2D eigenvalue weighted by molar-refractivity contribution is 14.1. The molecule has 20 heavy (non-hydrogen) atoms. The Kier molecular flexibility index (Phi) is 4.29. The summed E-state index contributed by atoms with van der Waals surface area (Å²) in [6.07, 6.45) is 0.976. The largest absolute Gasteiger partial charge is 0.488 e. The summed E-state index contributed by atoms with van der Waals surface area (Å²) in [6, 6.07) is 11.7. The Morgan fingerprint density at radius 1 is 1.20 bits per heavy atom. The first kappa shape index (κ1) is 14.3. The molecule has 0 radical (unpaired) electrons. The van der Waals surface area contributed by atoms with E-state index in [1.807, 2.05) is 36.4 Å². The van der Waals surface area contributed by atoms with Crippen LogP contribution in [0.4, 0.5) is 5.69 Å². The first-order valence-corrected chi connectivity index (χ1v) is 8.09. The minimum absolute atomic E-state index is 0.110. The van der Waals surface area contributed by atoms with Gasteiger partial charge in [0.2, 0.25) is 0 Å². The summed E-state index contributed by atoms with van der Waals surface area (Å²) in [4.78, 5) is 0. The molecule has 1 atom stereocenters. The van der Waals surface area contributed by atoms with Crippen molar-refractivity contribution in [2.24, 2.45) is 0 Å². The predicted octanol–water partition coefficient (Wildman–Crippen LogP) is 5.01. The highest BCUT2D eigenvalue weighted by Gasteiger charge is 2.22. The van der Waals surface area contributed by atoms with Gasteiger partial charge in [0.15, 0.2) is 0 Å². The van der Waals surface area contributed by atoms with Crippen molar-refractivity contribution < 1.29 is 4.74 Å². The number of anilines is 1. The molecule has 5 heteroatoms. The number of nitrogens with one attached hydrogen (secondary N) is 1. The van der Waals surface area contributed by atoms with Gasteiger partial charge in [-0.25, -0.2) is 0 Å². The van der Waals surface area contributed by atoms with Crippen molar-refractivity contribution in [2.75, 3.05) is 11.9 Å². The summed E-state index contributed by atoms with van der Waals surface area (Å²) in [6.45, 7) is 0.715. The second-order valence-electron chi connectivity index (χ2n) is 4.70. The van der Waals surface area contributed by atoms with Crippen LogP contribution in [0.5, 0.6) is 5.75 Å². The maximum absolute atomic E-state index is 6.20. The van der Waals surface area contributed by atoms with E-state index in [2.05, 4.69) is 27.9 Å². The van der Waals surface area contributed by atoms with Crippen molar-refractivity contribution in [1.82, 2.24) is 0 Å². The van der Waals surface area contributed by atoms with E-state index in [9.17, 15) is 0 Å². The van der Waals surface area contributed by atoms with Crippen LogP contribution in [0.1, 0.15) is 5.56 Å². The van der Waals surface area contributed by atoms with Gasteiger partial charge < -0.3 is 10.1 Å². The molecule has 3 rings (SSSR count). The fourth-order valence-electron chi connectivity index (χ4n) is 2.26. The lowest BCUT2D eigenvalue weighted by molar-refractivity contribution is 0.246. The topological polar surface area (TPSA) is 21.3 Å². The number of ether oxygens (including phenoxy) is 1. The highest BCUT2D eigenvalue weighted by Crippen LogP contribution is 2.31. The fraction of sp³-hybridized carbons (Fsp3) is 0.200. The van der Waals surface area contributed by atoms with Gasteiger partial charge >= 0.3 is 0 Å². The molecule has 1 aliphatic heterocycles. The van der Waals surface area contributed by atoms with Crippen LogP contribution in [-0.4, -0.2) is 12.6 Å². The van der Waals surface area contributed by atoms with E-state index >= 15 is 0 Å². The van der Waals surface area contributed by atoms with Crippen molar-refractivity contribution >= 4 is 51.5 Å². The molecule has 0 aliphatic carbocycles. The molecule has 0 spiro atoms. The second-order valence-corrected chi connectivity index (χ2v) is 6.79.